The van der Waals surface area contributed by atoms with Crippen molar-refractivity contribution >= 4 is 23.5 Å². The molecule has 0 aliphatic heterocycles. The standard InChI is InChI=1S/C16H19ClN4O/c1-3-11(2)20-16-18-9-8-14(21-16)15(22)19-10-12-4-6-13(17)7-5-12/h4-9,11H,3,10H2,1-2H3,(H,19,22)(H,18,20,21). The molecule has 2 rings (SSSR count). The van der Waals surface area contributed by atoms with Crippen LogP contribution in [0.1, 0.15) is 36.3 Å². The maximum absolute atomic E-state index is 12.1. The lowest BCUT2D eigenvalue weighted by Gasteiger charge is -2.11. The second-order valence-corrected chi connectivity index (χ2v) is 5.46. The van der Waals surface area contributed by atoms with Gasteiger partial charge in [-0.2, -0.15) is 0 Å². The molecule has 0 spiro atoms. The second-order valence-electron chi connectivity index (χ2n) is 5.03. The van der Waals surface area contributed by atoms with Crippen molar-refractivity contribution in [2.24, 2.45) is 0 Å². The molecule has 1 heterocycles. The molecule has 1 aromatic carbocycles. The molecule has 2 N–H and O–H groups in total. The summed E-state index contributed by atoms with van der Waals surface area (Å²) in [5, 5.41) is 6.65. The van der Waals surface area contributed by atoms with Crippen LogP contribution in [-0.2, 0) is 6.54 Å². The number of anilines is 1. The summed E-state index contributed by atoms with van der Waals surface area (Å²) in [5.74, 6) is 0.234. The van der Waals surface area contributed by atoms with E-state index in [1.54, 1.807) is 24.4 Å². The third-order valence-electron chi connectivity index (χ3n) is 3.24. The summed E-state index contributed by atoms with van der Waals surface area (Å²) < 4.78 is 0. The first-order valence-electron chi connectivity index (χ1n) is 7.20. The third kappa shape index (κ3) is 4.70. The average molecular weight is 319 g/mol. The van der Waals surface area contributed by atoms with Gasteiger partial charge in [-0.3, -0.25) is 4.79 Å². The number of aromatic nitrogens is 2. The molecule has 22 heavy (non-hydrogen) atoms. The molecule has 0 bridgehead atoms. The van der Waals surface area contributed by atoms with E-state index in [1.807, 2.05) is 19.1 Å². The quantitative estimate of drug-likeness (QED) is 0.858. The number of amides is 1. The highest BCUT2D eigenvalue weighted by atomic mass is 35.5. The normalized spacial score (nSPS) is 11.8. The van der Waals surface area contributed by atoms with Gasteiger partial charge in [0, 0.05) is 23.8 Å². The molecule has 6 heteroatoms. The van der Waals surface area contributed by atoms with Gasteiger partial charge >= 0.3 is 0 Å². The van der Waals surface area contributed by atoms with Crippen LogP contribution < -0.4 is 10.6 Å². The van der Waals surface area contributed by atoms with Gasteiger partial charge in [0.2, 0.25) is 5.95 Å². The van der Waals surface area contributed by atoms with E-state index in [-0.39, 0.29) is 11.9 Å². The second kappa shape index (κ2) is 7.75. The van der Waals surface area contributed by atoms with Crippen LogP contribution in [0.25, 0.3) is 0 Å². The van der Waals surface area contributed by atoms with Gasteiger partial charge in [-0.15, -0.1) is 0 Å². The Labute approximate surface area is 135 Å². The lowest BCUT2D eigenvalue weighted by atomic mass is 10.2. The van der Waals surface area contributed by atoms with Gasteiger partial charge in [0.15, 0.2) is 0 Å². The fraction of sp³-hybridized carbons (Fsp3) is 0.312. The molecule has 1 unspecified atom stereocenters. The smallest absolute Gasteiger partial charge is 0.270 e. The molecule has 0 aliphatic rings. The van der Waals surface area contributed by atoms with Crippen LogP contribution in [0.3, 0.4) is 0 Å². The molecule has 5 nitrogen and oxygen atoms in total. The minimum absolute atomic E-state index is 0.232. The van der Waals surface area contributed by atoms with Crippen molar-refractivity contribution in [2.75, 3.05) is 5.32 Å². The zero-order valence-electron chi connectivity index (χ0n) is 12.6. The highest BCUT2D eigenvalue weighted by molar-refractivity contribution is 6.30. The largest absolute Gasteiger partial charge is 0.352 e. The van der Waals surface area contributed by atoms with E-state index >= 15 is 0 Å². The van der Waals surface area contributed by atoms with Crippen LogP contribution in [-0.4, -0.2) is 21.9 Å². The first kappa shape index (κ1) is 16.2. The van der Waals surface area contributed by atoms with Crippen LogP contribution in [0, 0.1) is 0 Å². The minimum Gasteiger partial charge on any atom is -0.352 e. The van der Waals surface area contributed by atoms with E-state index in [0.29, 0.717) is 23.2 Å². The molecule has 1 aromatic heterocycles. The number of rotatable bonds is 6. The van der Waals surface area contributed by atoms with E-state index in [0.717, 1.165) is 12.0 Å². The Morgan fingerprint density at radius 2 is 2.00 bits per heavy atom. The Hall–Kier alpha value is -2.14. The van der Waals surface area contributed by atoms with Crippen LogP contribution in [0.15, 0.2) is 36.5 Å². The third-order valence-corrected chi connectivity index (χ3v) is 3.49. The van der Waals surface area contributed by atoms with E-state index in [4.69, 9.17) is 11.6 Å². The van der Waals surface area contributed by atoms with Crippen molar-refractivity contribution in [3.63, 3.8) is 0 Å². The van der Waals surface area contributed by atoms with E-state index in [1.165, 1.54) is 0 Å². The van der Waals surface area contributed by atoms with Gasteiger partial charge in [-0.05, 0) is 37.1 Å². The Morgan fingerprint density at radius 3 is 2.68 bits per heavy atom. The lowest BCUT2D eigenvalue weighted by Crippen LogP contribution is -2.25. The summed E-state index contributed by atoms with van der Waals surface area (Å²) in [6, 6.07) is 9.19. The van der Waals surface area contributed by atoms with Gasteiger partial charge < -0.3 is 10.6 Å². The molecule has 1 atom stereocenters. The van der Waals surface area contributed by atoms with Crippen LogP contribution >= 0.6 is 11.6 Å². The predicted molar refractivity (Wildman–Crippen MR) is 88.0 cm³/mol. The van der Waals surface area contributed by atoms with Crippen molar-refractivity contribution in [3.05, 3.63) is 52.8 Å². The number of halogens is 1. The number of benzene rings is 1. The van der Waals surface area contributed by atoms with Gasteiger partial charge in [0.05, 0.1) is 0 Å². The summed E-state index contributed by atoms with van der Waals surface area (Å²) in [6.45, 7) is 4.53. The Bertz CT molecular complexity index is 630. The molecule has 0 saturated heterocycles. The van der Waals surface area contributed by atoms with E-state index < -0.39 is 0 Å². The Kier molecular flexibility index (Phi) is 5.72. The van der Waals surface area contributed by atoms with Crippen molar-refractivity contribution in [1.82, 2.24) is 15.3 Å². The van der Waals surface area contributed by atoms with E-state index in [2.05, 4.69) is 27.5 Å². The highest BCUT2D eigenvalue weighted by Gasteiger charge is 2.09. The molecule has 2 aromatic rings. The number of hydrogen-bond acceptors (Lipinski definition) is 4. The van der Waals surface area contributed by atoms with Gasteiger partial charge in [-0.1, -0.05) is 30.7 Å². The SMILES string of the molecule is CCC(C)Nc1nccc(C(=O)NCc2ccc(Cl)cc2)n1. The lowest BCUT2D eigenvalue weighted by molar-refractivity contribution is 0.0946. The predicted octanol–water partition coefficient (Wildman–Crippen LogP) is 3.27. The van der Waals surface area contributed by atoms with Crippen LogP contribution in [0.4, 0.5) is 5.95 Å². The first-order valence-corrected chi connectivity index (χ1v) is 7.58. The van der Waals surface area contributed by atoms with Crippen molar-refractivity contribution < 1.29 is 4.79 Å². The van der Waals surface area contributed by atoms with Crippen LogP contribution in [0.2, 0.25) is 5.02 Å². The van der Waals surface area contributed by atoms with Crippen molar-refractivity contribution in [2.45, 2.75) is 32.9 Å². The summed E-state index contributed by atoms with van der Waals surface area (Å²) in [5.41, 5.74) is 1.32. The molecular formula is C16H19ClN4O. The highest BCUT2D eigenvalue weighted by Crippen LogP contribution is 2.09. The van der Waals surface area contributed by atoms with E-state index in [9.17, 15) is 4.79 Å². The van der Waals surface area contributed by atoms with Gasteiger partial charge in [0.1, 0.15) is 5.69 Å². The molecule has 0 fully saturated rings. The van der Waals surface area contributed by atoms with Crippen LogP contribution in [0.5, 0.6) is 0 Å². The maximum Gasteiger partial charge on any atom is 0.270 e. The molecule has 116 valence electrons. The van der Waals surface area contributed by atoms with Crippen molar-refractivity contribution in [1.29, 1.82) is 0 Å². The molecule has 1 amide bonds. The number of hydrogen-bond donors (Lipinski definition) is 2. The number of nitrogens with one attached hydrogen (secondary N) is 2. The van der Waals surface area contributed by atoms with Gasteiger partial charge in [0.25, 0.3) is 5.91 Å². The monoisotopic (exact) mass is 318 g/mol. The number of carbonyl (C=O) groups excluding carboxylic acids is 1. The fourth-order valence-electron chi connectivity index (χ4n) is 1.75. The molecule has 0 aliphatic carbocycles. The molecule has 0 saturated carbocycles. The molecular weight excluding hydrogens is 300 g/mol. The first-order chi connectivity index (χ1) is 10.6. The van der Waals surface area contributed by atoms with Crippen molar-refractivity contribution in [3.8, 4) is 0 Å². The number of carbonyl (C=O) groups is 1. The zero-order valence-corrected chi connectivity index (χ0v) is 13.4. The van der Waals surface area contributed by atoms with Gasteiger partial charge in [-0.25, -0.2) is 9.97 Å². The minimum atomic E-state index is -0.232. The summed E-state index contributed by atoms with van der Waals surface area (Å²) in [4.78, 5) is 20.5. The summed E-state index contributed by atoms with van der Waals surface area (Å²) in [6.07, 6.45) is 2.53. The summed E-state index contributed by atoms with van der Waals surface area (Å²) >= 11 is 5.83. The topological polar surface area (TPSA) is 66.9 Å². The average Bonchev–Trinajstić information content (AvgIpc) is 2.54. The zero-order chi connectivity index (χ0) is 15.9. The Morgan fingerprint density at radius 1 is 1.27 bits per heavy atom. The maximum atomic E-state index is 12.1. The summed E-state index contributed by atoms with van der Waals surface area (Å²) in [7, 11) is 0. The molecule has 0 radical (unpaired) electrons. The Balaban J connectivity index is 1.97. The number of nitrogens with zero attached hydrogens (tertiary/aromatic N) is 2. The fourth-order valence-corrected chi connectivity index (χ4v) is 1.88.